The van der Waals surface area contributed by atoms with E-state index < -0.39 is 6.10 Å². The molecule has 0 spiro atoms. The number of fused-ring (bicyclic) bond motifs is 1. The van der Waals surface area contributed by atoms with E-state index in [0.717, 1.165) is 11.3 Å². The summed E-state index contributed by atoms with van der Waals surface area (Å²) in [6, 6.07) is 19.1. The van der Waals surface area contributed by atoms with Gasteiger partial charge in [0.2, 0.25) is 0 Å². The van der Waals surface area contributed by atoms with E-state index in [9.17, 15) is 5.11 Å². The van der Waals surface area contributed by atoms with Crippen molar-refractivity contribution in [2.24, 2.45) is 0 Å². The molecule has 0 fully saturated rings. The minimum Gasteiger partial charge on any atom is -0.384 e. The van der Waals surface area contributed by atoms with E-state index in [1.165, 1.54) is 0 Å². The van der Waals surface area contributed by atoms with E-state index in [1.54, 1.807) is 17.1 Å². The van der Waals surface area contributed by atoms with Crippen molar-refractivity contribution in [3.8, 4) is 5.69 Å². The number of rotatable bonds is 3. The highest BCUT2D eigenvalue weighted by molar-refractivity contribution is 6.36. The lowest BCUT2D eigenvalue weighted by atomic mass is 10.0. The van der Waals surface area contributed by atoms with E-state index in [2.05, 4.69) is 10.1 Å². The molecule has 1 atom stereocenters. The molecule has 1 unspecified atom stereocenters. The van der Waals surface area contributed by atoms with Crippen molar-refractivity contribution in [1.29, 1.82) is 0 Å². The fourth-order valence-corrected chi connectivity index (χ4v) is 3.01. The quantitative estimate of drug-likeness (QED) is 0.611. The van der Waals surface area contributed by atoms with Gasteiger partial charge in [0.1, 0.15) is 6.10 Å². The maximum Gasteiger partial charge on any atom is 0.164 e. The Morgan fingerprint density at radius 1 is 0.917 bits per heavy atom. The van der Waals surface area contributed by atoms with Gasteiger partial charge in [-0.15, -0.1) is 0 Å². The molecule has 0 aliphatic carbocycles. The van der Waals surface area contributed by atoms with Crippen LogP contribution in [0.3, 0.4) is 0 Å². The maximum absolute atomic E-state index is 10.6. The topological polar surface area (TPSA) is 50.9 Å². The average molecular weight is 336 g/mol. The van der Waals surface area contributed by atoms with Crippen LogP contribution in [-0.4, -0.2) is 19.9 Å². The molecule has 0 radical (unpaired) electrons. The Bertz CT molecular complexity index is 984. The van der Waals surface area contributed by atoms with E-state index in [1.807, 2.05) is 60.7 Å². The van der Waals surface area contributed by atoms with Gasteiger partial charge in [0, 0.05) is 11.8 Å². The molecule has 0 aliphatic rings. The second-order valence-electron chi connectivity index (χ2n) is 5.47. The summed E-state index contributed by atoms with van der Waals surface area (Å²) in [6.07, 6.45) is 2.47. The first-order valence-electron chi connectivity index (χ1n) is 7.56. The van der Waals surface area contributed by atoms with Crippen LogP contribution in [0.15, 0.2) is 73.1 Å². The smallest absolute Gasteiger partial charge is 0.164 e. The normalized spacial score (nSPS) is 12.4. The number of pyridine rings is 1. The number of hydrogen-bond donors (Lipinski definition) is 1. The lowest BCUT2D eigenvalue weighted by molar-refractivity contribution is 0.220. The number of halogens is 1. The van der Waals surface area contributed by atoms with Gasteiger partial charge >= 0.3 is 0 Å². The molecule has 1 N–H and O–H groups in total. The Kier molecular flexibility index (Phi) is 3.76. The molecule has 24 heavy (non-hydrogen) atoms. The summed E-state index contributed by atoms with van der Waals surface area (Å²) in [5, 5.41) is 16.2. The predicted octanol–water partition coefficient (Wildman–Crippen LogP) is 4.16. The Labute approximate surface area is 144 Å². The third-order valence-corrected chi connectivity index (χ3v) is 4.39. The predicted molar refractivity (Wildman–Crippen MR) is 94.4 cm³/mol. The lowest BCUT2D eigenvalue weighted by Crippen LogP contribution is -2.02. The highest BCUT2D eigenvalue weighted by Gasteiger charge is 2.19. The fourth-order valence-electron chi connectivity index (χ4n) is 2.73. The SMILES string of the molecule is OC(c1ccccc1)c1cnc2c(cnn2-c2ccccc2)c1Cl. The monoisotopic (exact) mass is 335 g/mol. The molecular weight excluding hydrogens is 322 g/mol. The Morgan fingerprint density at radius 3 is 2.29 bits per heavy atom. The third kappa shape index (κ3) is 2.46. The second-order valence-corrected chi connectivity index (χ2v) is 5.85. The van der Waals surface area contributed by atoms with Crippen molar-refractivity contribution in [3.63, 3.8) is 0 Å². The summed E-state index contributed by atoms with van der Waals surface area (Å²) in [5.74, 6) is 0. The molecule has 5 heteroatoms. The van der Waals surface area contributed by atoms with Crippen LogP contribution < -0.4 is 0 Å². The molecule has 0 aliphatic heterocycles. The first-order valence-corrected chi connectivity index (χ1v) is 7.94. The van der Waals surface area contributed by atoms with Crippen LogP contribution in [-0.2, 0) is 0 Å². The van der Waals surface area contributed by atoms with Crippen molar-refractivity contribution >= 4 is 22.6 Å². The van der Waals surface area contributed by atoms with Crippen LogP contribution in [0, 0.1) is 0 Å². The highest BCUT2D eigenvalue weighted by Crippen LogP contribution is 2.33. The van der Waals surface area contributed by atoms with E-state index in [-0.39, 0.29) is 0 Å². The zero-order chi connectivity index (χ0) is 16.5. The van der Waals surface area contributed by atoms with Crippen LogP contribution in [0.4, 0.5) is 0 Å². The number of benzene rings is 2. The highest BCUT2D eigenvalue weighted by atomic mass is 35.5. The second kappa shape index (κ2) is 6.07. The number of aliphatic hydroxyl groups excluding tert-OH is 1. The minimum absolute atomic E-state index is 0.471. The van der Waals surface area contributed by atoms with Gasteiger partial charge in [-0.2, -0.15) is 5.10 Å². The fraction of sp³-hybridized carbons (Fsp3) is 0.0526. The van der Waals surface area contributed by atoms with Crippen LogP contribution in [0.25, 0.3) is 16.7 Å². The zero-order valence-corrected chi connectivity index (χ0v) is 13.4. The third-order valence-electron chi connectivity index (χ3n) is 3.97. The number of hydrogen-bond acceptors (Lipinski definition) is 3. The van der Waals surface area contributed by atoms with Gasteiger partial charge in [-0.3, -0.25) is 0 Å². The molecule has 0 saturated heterocycles. The number of aliphatic hydroxyl groups is 1. The van der Waals surface area contributed by atoms with Gasteiger partial charge in [0.15, 0.2) is 5.65 Å². The number of aromatic nitrogens is 3. The Morgan fingerprint density at radius 2 is 1.58 bits per heavy atom. The summed E-state index contributed by atoms with van der Waals surface area (Å²) >= 11 is 6.53. The van der Waals surface area contributed by atoms with Crippen LogP contribution in [0.5, 0.6) is 0 Å². The molecule has 4 nitrogen and oxygen atoms in total. The van der Waals surface area contributed by atoms with Gasteiger partial charge < -0.3 is 5.11 Å². The summed E-state index contributed by atoms with van der Waals surface area (Å²) in [7, 11) is 0. The number of para-hydroxylation sites is 1. The average Bonchev–Trinajstić information content (AvgIpc) is 3.08. The van der Waals surface area contributed by atoms with Crippen LogP contribution in [0.2, 0.25) is 5.02 Å². The molecule has 2 aromatic carbocycles. The standard InChI is InChI=1S/C19H14ClN3O/c20-17-15(18(24)13-7-3-1-4-8-13)11-21-19-16(17)12-22-23(19)14-9-5-2-6-10-14/h1-12,18,24H. The molecule has 4 aromatic rings. The van der Waals surface area contributed by atoms with Crippen molar-refractivity contribution < 1.29 is 5.11 Å². The lowest BCUT2D eigenvalue weighted by Gasteiger charge is -2.13. The summed E-state index contributed by atoms with van der Waals surface area (Å²) in [4.78, 5) is 4.48. The van der Waals surface area contributed by atoms with E-state index in [4.69, 9.17) is 11.6 Å². The summed E-state index contributed by atoms with van der Waals surface area (Å²) in [6.45, 7) is 0. The molecule has 0 saturated carbocycles. The van der Waals surface area contributed by atoms with E-state index in [0.29, 0.717) is 21.6 Å². The van der Waals surface area contributed by atoms with Gasteiger partial charge in [-0.25, -0.2) is 9.67 Å². The molecule has 4 rings (SSSR count). The van der Waals surface area contributed by atoms with Crippen molar-refractivity contribution in [3.05, 3.63) is 89.2 Å². The molecule has 2 aromatic heterocycles. The molecule has 118 valence electrons. The van der Waals surface area contributed by atoms with Crippen LogP contribution >= 0.6 is 11.6 Å². The molecule has 0 amide bonds. The van der Waals surface area contributed by atoms with Crippen molar-refractivity contribution in [1.82, 2.24) is 14.8 Å². The van der Waals surface area contributed by atoms with Gasteiger partial charge in [0.05, 0.1) is 22.3 Å². The van der Waals surface area contributed by atoms with Crippen molar-refractivity contribution in [2.75, 3.05) is 0 Å². The molecule has 2 heterocycles. The Balaban J connectivity index is 1.83. The van der Waals surface area contributed by atoms with Crippen molar-refractivity contribution in [2.45, 2.75) is 6.10 Å². The summed E-state index contributed by atoms with van der Waals surface area (Å²) < 4.78 is 1.74. The molecule has 0 bridgehead atoms. The first kappa shape index (κ1) is 14.9. The summed E-state index contributed by atoms with van der Waals surface area (Å²) in [5.41, 5.74) is 2.92. The first-order chi connectivity index (χ1) is 11.8. The van der Waals surface area contributed by atoms with E-state index >= 15 is 0 Å². The van der Waals surface area contributed by atoms with Gasteiger partial charge in [0.25, 0.3) is 0 Å². The van der Waals surface area contributed by atoms with Crippen LogP contribution in [0.1, 0.15) is 17.2 Å². The minimum atomic E-state index is -0.823. The molecular formula is C19H14ClN3O. The van der Waals surface area contributed by atoms with Gasteiger partial charge in [-0.1, -0.05) is 60.1 Å². The number of nitrogens with zero attached hydrogens (tertiary/aromatic N) is 3. The van der Waals surface area contributed by atoms with Gasteiger partial charge in [-0.05, 0) is 17.7 Å². The zero-order valence-electron chi connectivity index (χ0n) is 12.7. The maximum atomic E-state index is 10.6. The Hall–Kier alpha value is -2.69. The largest absolute Gasteiger partial charge is 0.384 e.